The maximum Gasteiger partial charge on any atom is 0.205 e. The molecule has 0 fully saturated rings. The van der Waals surface area contributed by atoms with Gasteiger partial charge in [0.2, 0.25) is 5.13 Å². The Bertz CT molecular complexity index is 236. The Hall–Kier alpha value is -0.640. The Balaban J connectivity index is 2.01. The van der Waals surface area contributed by atoms with Crippen LogP contribution in [0.1, 0.15) is 52.4 Å². The highest BCUT2D eigenvalue weighted by molar-refractivity contribution is 7.13. The second-order valence-electron chi connectivity index (χ2n) is 3.99. The minimum atomic E-state index is 0.513. The van der Waals surface area contributed by atoms with E-state index in [9.17, 15) is 0 Å². The van der Waals surface area contributed by atoms with Gasteiger partial charge in [0.15, 0.2) is 0 Å². The normalized spacial score (nSPS) is 12.7. The van der Waals surface area contributed by atoms with Crippen molar-refractivity contribution in [3.05, 3.63) is 5.51 Å². The Labute approximate surface area is 96.3 Å². The van der Waals surface area contributed by atoms with Gasteiger partial charge in [-0.15, -0.1) is 10.2 Å². The van der Waals surface area contributed by atoms with Crippen LogP contribution in [-0.2, 0) is 0 Å². The maximum atomic E-state index is 3.97. The molecule has 0 saturated heterocycles. The van der Waals surface area contributed by atoms with E-state index < -0.39 is 0 Å². The molecular weight excluding hydrogens is 206 g/mol. The van der Waals surface area contributed by atoms with Gasteiger partial charge in [-0.05, 0) is 13.3 Å². The fourth-order valence-corrected chi connectivity index (χ4v) is 2.13. The number of aromatic nitrogens is 2. The van der Waals surface area contributed by atoms with E-state index >= 15 is 0 Å². The van der Waals surface area contributed by atoms with Gasteiger partial charge >= 0.3 is 0 Å². The molecule has 0 amide bonds. The van der Waals surface area contributed by atoms with Crippen molar-refractivity contribution >= 4 is 16.5 Å². The average molecular weight is 227 g/mol. The van der Waals surface area contributed by atoms with E-state index in [-0.39, 0.29) is 0 Å². The molecule has 1 aromatic heterocycles. The molecule has 15 heavy (non-hydrogen) atoms. The fraction of sp³-hybridized carbons (Fsp3) is 0.818. The van der Waals surface area contributed by atoms with Crippen LogP contribution in [-0.4, -0.2) is 16.2 Å². The Morgan fingerprint density at radius 1 is 1.33 bits per heavy atom. The predicted octanol–water partition coefficient (Wildman–Crippen LogP) is 3.70. The summed E-state index contributed by atoms with van der Waals surface area (Å²) in [6.45, 7) is 4.46. The number of hydrogen-bond donors (Lipinski definition) is 1. The Kier molecular flexibility index (Phi) is 6.32. The van der Waals surface area contributed by atoms with Gasteiger partial charge in [0.1, 0.15) is 5.51 Å². The number of nitrogens with zero attached hydrogens (tertiary/aromatic N) is 2. The molecule has 0 aromatic carbocycles. The van der Waals surface area contributed by atoms with Crippen LogP contribution in [0.25, 0.3) is 0 Å². The Morgan fingerprint density at radius 3 is 2.80 bits per heavy atom. The number of anilines is 1. The number of unbranched alkanes of at least 4 members (excludes halogenated alkanes) is 4. The van der Waals surface area contributed by atoms with Crippen LogP contribution in [0.15, 0.2) is 5.51 Å². The van der Waals surface area contributed by atoms with E-state index in [1.807, 2.05) is 0 Å². The lowest BCUT2D eigenvalue weighted by molar-refractivity contribution is 0.578. The molecule has 0 bridgehead atoms. The molecule has 1 N–H and O–H groups in total. The van der Waals surface area contributed by atoms with Crippen LogP contribution in [0.5, 0.6) is 0 Å². The first-order valence-corrected chi connectivity index (χ1v) is 6.73. The quantitative estimate of drug-likeness (QED) is 0.688. The average Bonchev–Trinajstić information content (AvgIpc) is 2.70. The van der Waals surface area contributed by atoms with E-state index in [0.717, 1.165) is 5.13 Å². The van der Waals surface area contributed by atoms with E-state index in [1.165, 1.54) is 38.5 Å². The molecule has 1 atom stereocenters. The van der Waals surface area contributed by atoms with Gasteiger partial charge in [-0.1, -0.05) is 50.4 Å². The minimum Gasteiger partial charge on any atom is -0.358 e. The van der Waals surface area contributed by atoms with Crippen LogP contribution in [0, 0.1) is 0 Å². The van der Waals surface area contributed by atoms with Gasteiger partial charge in [0.05, 0.1) is 0 Å². The number of hydrogen-bond acceptors (Lipinski definition) is 4. The molecule has 4 heteroatoms. The van der Waals surface area contributed by atoms with E-state index in [2.05, 4.69) is 29.4 Å². The molecule has 1 heterocycles. The topological polar surface area (TPSA) is 37.8 Å². The zero-order valence-electron chi connectivity index (χ0n) is 9.70. The van der Waals surface area contributed by atoms with Crippen LogP contribution >= 0.6 is 11.3 Å². The smallest absolute Gasteiger partial charge is 0.205 e. The zero-order chi connectivity index (χ0) is 10.9. The lowest BCUT2D eigenvalue weighted by atomic mass is 10.1. The molecule has 1 aromatic rings. The summed E-state index contributed by atoms with van der Waals surface area (Å²) in [4.78, 5) is 0. The molecule has 0 aliphatic carbocycles. The zero-order valence-corrected chi connectivity index (χ0v) is 10.5. The van der Waals surface area contributed by atoms with Crippen molar-refractivity contribution in [3.8, 4) is 0 Å². The molecule has 1 rings (SSSR count). The highest BCUT2D eigenvalue weighted by atomic mass is 32.1. The minimum absolute atomic E-state index is 0.513. The first-order valence-electron chi connectivity index (χ1n) is 5.85. The molecule has 3 nitrogen and oxygen atoms in total. The summed E-state index contributed by atoms with van der Waals surface area (Å²) in [5.74, 6) is 0. The lowest BCUT2D eigenvalue weighted by Gasteiger charge is -2.11. The molecule has 0 saturated carbocycles. The highest BCUT2D eigenvalue weighted by Gasteiger charge is 2.03. The van der Waals surface area contributed by atoms with Gasteiger partial charge in [0.25, 0.3) is 0 Å². The maximum absolute atomic E-state index is 3.97. The SMILES string of the molecule is CCCCCCCC(C)Nc1nncs1. The van der Waals surface area contributed by atoms with Gasteiger partial charge in [0, 0.05) is 6.04 Å². The third kappa shape index (κ3) is 5.72. The van der Waals surface area contributed by atoms with Gasteiger partial charge in [-0.2, -0.15) is 0 Å². The van der Waals surface area contributed by atoms with Crippen molar-refractivity contribution < 1.29 is 0 Å². The molecule has 1 unspecified atom stereocenters. The lowest BCUT2D eigenvalue weighted by Crippen LogP contribution is -2.14. The Morgan fingerprint density at radius 2 is 2.13 bits per heavy atom. The first-order chi connectivity index (χ1) is 7.33. The summed E-state index contributed by atoms with van der Waals surface area (Å²) in [5.41, 5.74) is 1.76. The van der Waals surface area contributed by atoms with Gasteiger partial charge in [-0.25, -0.2) is 0 Å². The second kappa shape index (κ2) is 7.63. The van der Waals surface area contributed by atoms with E-state index in [1.54, 1.807) is 16.8 Å². The van der Waals surface area contributed by atoms with Crippen LogP contribution in [0.3, 0.4) is 0 Å². The summed E-state index contributed by atoms with van der Waals surface area (Å²) in [6, 6.07) is 0.513. The molecule has 0 aliphatic rings. The molecule has 86 valence electrons. The van der Waals surface area contributed by atoms with Crippen LogP contribution in [0.2, 0.25) is 0 Å². The summed E-state index contributed by atoms with van der Waals surface area (Å²) in [7, 11) is 0. The van der Waals surface area contributed by atoms with Gasteiger partial charge < -0.3 is 5.32 Å². The first kappa shape index (κ1) is 12.4. The van der Waals surface area contributed by atoms with Crippen molar-refractivity contribution in [1.29, 1.82) is 0 Å². The van der Waals surface area contributed by atoms with E-state index in [0.29, 0.717) is 6.04 Å². The summed E-state index contributed by atoms with van der Waals surface area (Å²) < 4.78 is 0. The monoisotopic (exact) mass is 227 g/mol. The summed E-state index contributed by atoms with van der Waals surface area (Å²) >= 11 is 1.57. The molecule has 0 aliphatic heterocycles. The second-order valence-corrected chi connectivity index (χ2v) is 4.83. The van der Waals surface area contributed by atoms with Crippen molar-refractivity contribution in [2.45, 2.75) is 58.4 Å². The third-order valence-corrected chi connectivity index (χ3v) is 3.09. The highest BCUT2D eigenvalue weighted by Crippen LogP contribution is 2.13. The largest absolute Gasteiger partial charge is 0.358 e. The molecular formula is C11H21N3S. The van der Waals surface area contributed by atoms with Crippen LogP contribution < -0.4 is 5.32 Å². The van der Waals surface area contributed by atoms with E-state index in [4.69, 9.17) is 0 Å². The molecule has 0 spiro atoms. The van der Waals surface area contributed by atoms with Crippen LogP contribution in [0.4, 0.5) is 5.13 Å². The molecule has 0 radical (unpaired) electrons. The summed E-state index contributed by atoms with van der Waals surface area (Å²) in [5, 5.41) is 12.1. The van der Waals surface area contributed by atoms with Crippen molar-refractivity contribution in [3.63, 3.8) is 0 Å². The van der Waals surface area contributed by atoms with Crippen molar-refractivity contribution in [1.82, 2.24) is 10.2 Å². The number of rotatable bonds is 8. The number of nitrogens with one attached hydrogen (secondary N) is 1. The van der Waals surface area contributed by atoms with Crippen molar-refractivity contribution in [2.24, 2.45) is 0 Å². The summed E-state index contributed by atoms with van der Waals surface area (Å²) in [6.07, 6.45) is 7.96. The fourth-order valence-electron chi connectivity index (χ4n) is 1.57. The predicted molar refractivity (Wildman–Crippen MR) is 66.4 cm³/mol. The van der Waals surface area contributed by atoms with Gasteiger partial charge in [-0.3, -0.25) is 0 Å². The van der Waals surface area contributed by atoms with Crippen molar-refractivity contribution in [2.75, 3.05) is 5.32 Å². The third-order valence-electron chi connectivity index (χ3n) is 2.47. The standard InChI is InChI=1S/C11H21N3S/c1-3-4-5-6-7-8-10(2)13-11-14-12-9-15-11/h9-10H,3-8H2,1-2H3,(H,13,14).